The number of rotatable bonds is 5. The van der Waals surface area contributed by atoms with E-state index in [4.69, 9.17) is 20.8 Å². The van der Waals surface area contributed by atoms with Gasteiger partial charge in [0.1, 0.15) is 22.6 Å². The molecule has 5 rings (SSSR count). The van der Waals surface area contributed by atoms with E-state index in [2.05, 4.69) is 5.10 Å². The van der Waals surface area contributed by atoms with Crippen molar-refractivity contribution >= 4 is 28.5 Å². The first-order chi connectivity index (χ1) is 15.5. The number of fused-ring (bicyclic) bond motifs is 2. The van der Waals surface area contributed by atoms with Gasteiger partial charge < -0.3 is 14.1 Å². The third-order valence-electron chi connectivity index (χ3n) is 5.48. The van der Waals surface area contributed by atoms with E-state index >= 15 is 0 Å². The molecule has 0 saturated heterocycles. The minimum atomic E-state index is -0.673. The van der Waals surface area contributed by atoms with Crippen LogP contribution in [-0.2, 0) is 26.6 Å². The molecule has 1 aliphatic heterocycles. The second kappa shape index (κ2) is 8.16. The molecule has 0 atom stereocenters. The molecule has 1 amide bonds. The Kier molecular flexibility index (Phi) is 5.19. The number of nitrogens with zero attached hydrogens (tertiary/aromatic N) is 3. The molecule has 0 unspecified atom stereocenters. The van der Waals surface area contributed by atoms with E-state index in [1.54, 1.807) is 47.1 Å². The normalized spacial score (nSPS) is 12.6. The maximum absolute atomic E-state index is 13.5. The van der Waals surface area contributed by atoms with Crippen molar-refractivity contribution in [1.82, 2.24) is 14.7 Å². The largest absolute Gasteiger partial charge is 0.493 e. The molecule has 0 N–H and O–H groups in total. The first-order valence-corrected chi connectivity index (χ1v) is 10.6. The minimum Gasteiger partial charge on any atom is -0.493 e. The Hall–Kier alpha value is -3.58. The Balaban J connectivity index is 1.52. The van der Waals surface area contributed by atoms with Crippen LogP contribution in [0, 0.1) is 0 Å². The Morgan fingerprint density at radius 2 is 2.03 bits per heavy atom. The van der Waals surface area contributed by atoms with Gasteiger partial charge in [-0.15, -0.1) is 0 Å². The second-order valence-corrected chi connectivity index (χ2v) is 8.19. The number of aromatic nitrogens is 2. The summed E-state index contributed by atoms with van der Waals surface area (Å²) in [5, 5.41) is 5.51. The summed E-state index contributed by atoms with van der Waals surface area (Å²) >= 11 is 6.31. The highest BCUT2D eigenvalue weighted by Crippen LogP contribution is 2.27. The number of hydrogen-bond donors (Lipinski definition) is 0. The molecule has 0 spiro atoms. The molecule has 4 aromatic rings. The summed E-state index contributed by atoms with van der Waals surface area (Å²) in [6, 6.07) is 14.6. The smallest absolute Gasteiger partial charge is 0.349 e. The summed E-state index contributed by atoms with van der Waals surface area (Å²) in [6.45, 7) is 1.09. The number of halogens is 1. The standard InChI is InChI=1S/C24H20ClN3O4/c1-27-13-19(25)20(26-27)14-28(12-15-6-7-21-17(10-15)8-9-31-21)23(29)18-11-16-4-2-3-5-22(16)32-24(18)30/h2-7,10-11,13H,8-9,12,14H2,1H3. The quantitative estimate of drug-likeness (QED) is 0.431. The van der Waals surface area contributed by atoms with Gasteiger partial charge in [-0.1, -0.05) is 41.9 Å². The van der Waals surface area contributed by atoms with E-state index in [1.807, 2.05) is 24.3 Å². The Bertz CT molecular complexity index is 1390. The number of aryl methyl sites for hydroxylation is 1. The van der Waals surface area contributed by atoms with Crippen LogP contribution >= 0.6 is 11.6 Å². The molecule has 0 radical (unpaired) electrons. The van der Waals surface area contributed by atoms with Gasteiger partial charge in [-0.05, 0) is 29.3 Å². The summed E-state index contributed by atoms with van der Waals surface area (Å²) < 4.78 is 12.6. The van der Waals surface area contributed by atoms with Crippen molar-refractivity contribution in [2.45, 2.75) is 19.5 Å². The van der Waals surface area contributed by atoms with Crippen LogP contribution < -0.4 is 10.4 Å². The molecule has 32 heavy (non-hydrogen) atoms. The van der Waals surface area contributed by atoms with Crippen molar-refractivity contribution in [2.24, 2.45) is 7.05 Å². The number of benzene rings is 2. The number of hydrogen-bond acceptors (Lipinski definition) is 5. The lowest BCUT2D eigenvalue weighted by atomic mass is 10.1. The molecule has 7 nitrogen and oxygen atoms in total. The van der Waals surface area contributed by atoms with Crippen molar-refractivity contribution in [3.8, 4) is 5.75 Å². The molecule has 0 aliphatic carbocycles. The fraction of sp³-hybridized carbons (Fsp3) is 0.208. The predicted molar refractivity (Wildman–Crippen MR) is 120 cm³/mol. The van der Waals surface area contributed by atoms with Crippen LogP contribution in [0.1, 0.15) is 27.2 Å². The number of carbonyl (C=O) groups excluding carboxylic acids is 1. The van der Waals surface area contributed by atoms with E-state index < -0.39 is 11.5 Å². The van der Waals surface area contributed by atoms with E-state index in [0.717, 1.165) is 23.3 Å². The monoisotopic (exact) mass is 449 g/mol. The molecule has 0 saturated carbocycles. The zero-order valence-electron chi connectivity index (χ0n) is 17.4. The fourth-order valence-corrected chi connectivity index (χ4v) is 4.17. The molecular weight excluding hydrogens is 430 g/mol. The first kappa shape index (κ1) is 20.3. The lowest BCUT2D eigenvalue weighted by Gasteiger charge is -2.22. The highest BCUT2D eigenvalue weighted by Gasteiger charge is 2.24. The Morgan fingerprint density at radius 3 is 2.84 bits per heavy atom. The van der Waals surface area contributed by atoms with Crippen LogP contribution in [0.25, 0.3) is 11.0 Å². The van der Waals surface area contributed by atoms with Gasteiger partial charge in [-0.25, -0.2) is 4.79 Å². The topological polar surface area (TPSA) is 77.6 Å². The zero-order chi connectivity index (χ0) is 22.2. The van der Waals surface area contributed by atoms with E-state index in [-0.39, 0.29) is 18.7 Å². The van der Waals surface area contributed by atoms with Crippen LogP contribution in [0.2, 0.25) is 5.02 Å². The Morgan fingerprint density at radius 1 is 1.19 bits per heavy atom. The summed E-state index contributed by atoms with van der Waals surface area (Å²) in [6.07, 6.45) is 2.51. The lowest BCUT2D eigenvalue weighted by molar-refractivity contribution is 0.0723. The van der Waals surface area contributed by atoms with E-state index in [9.17, 15) is 9.59 Å². The maximum Gasteiger partial charge on any atom is 0.349 e. The van der Waals surface area contributed by atoms with Crippen molar-refractivity contribution in [3.63, 3.8) is 0 Å². The molecule has 0 fully saturated rings. The van der Waals surface area contributed by atoms with Gasteiger partial charge in [0.25, 0.3) is 5.91 Å². The molecule has 3 heterocycles. The molecule has 2 aromatic carbocycles. The summed E-state index contributed by atoms with van der Waals surface area (Å²) in [4.78, 5) is 27.7. The third kappa shape index (κ3) is 3.87. The minimum absolute atomic E-state index is 0.0275. The van der Waals surface area contributed by atoms with Crippen LogP contribution in [-0.4, -0.2) is 27.2 Å². The van der Waals surface area contributed by atoms with Gasteiger partial charge in [0, 0.05) is 31.6 Å². The van der Waals surface area contributed by atoms with Crippen molar-refractivity contribution in [3.05, 3.63) is 92.6 Å². The van der Waals surface area contributed by atoms with Crippen molar-refractivity contribution < 1.29 is 13.9 Å². The van der Waals surface area contributed by atoms with Crippen LogP contribution in [0.15, 0.2) is 63.9 Å². The Labute approximate surface area is 188 Å². The van der Waals surface area contributed by atoms with Crippen LogP contribution in [0.3, 0.4) is 0 Å². The molecule has 1 aliphatic rings. The summed E-state index contributed by atoms with van der Waals surface area (Å²) in [7, 11) is 1.76. The van der Waals surface area contributed by atoms with Crippen LogP contribution in [0.4, 0.5) is 0 Å². The molecular formula is C24H20ClN3O4. The fourth-order valence-electron chi connectivity index (χ4n) is 3.93. The average Bonchev–Trinajstić information content (AvgIpc) is 3.37. The number of ether oxygens (including phenoxy) is 1. The van der Waals surface area contributed by atoms with Crippen LogP contribution in [0.5, 0.6) is 5.75 Å². The highest BCUT2D eigenvalue weighted by atomic mass is 35.5. The van der Waals surface area contributed by atoms with Gasteiger partial charge in [-0.3, -0.25) is 9.48 Å². The van der Waals surface area contributed by atoms with Gasteiger partial charge in [0.05, 0.1) is 18.2 Å². The van der Waals surface area contributed by atoms with Gasteiger partial charge >= 0.3 is 5.63 Å². The van der Waals surface area contributed by atoms with Crippen molar-refractivity contribution in [1.29, 1.82) is 0 Å². The predicted octanol–water partition coefficient (Wildman–Crippen LogP) is 3.96. The summed E-state index contributed by atoms with van der Waals surface area (Å²) in [5.41, 5.74) is 2.33. The maximum atomic E-state index is 13.5. The molecule has 2 aromatic heterocycles. The zero-order valence-corrected chi connectivity index (χ0v) is 18.1. The van der Waals surface area contributed by atoms with Gasteiger partial charge in [0.2, 0.25) is 0 Å². The van der Waals surface area contributed by atoms with E-state index in [0.29, 0.717) is 28.3 Å². The average molecular weight is 450 g/mol. The highest BCUT2D eigenvalue weighted by molar-refractivity contribution is 6.31. The number of para-hydroxylation sites is 1. The summed E-state index contributed by atoms with van der Waals surface area (Å²) in [5.74, 6) is 0.428. The first-order valence-electron chi connectivity index (χ1n) is 10.2. The van der Waals surface area contributed by atoms with Crippen molar-refractivity contribution in [2.75, 3.05) is 6.61 Å². The number of carbonyl (C=O) groups is 1. The van der Waals surface area contributed by atoms with Gasteiger partial charge in [0.15, 0.2) is 0 Å². The molecule has 8 heteroatoms. The van der Waals surface area contributed by atoms with E-state index in [1.165, 1.54) is 0 Å². The second-order valence-electron chi connectivity index (χ2n) is 7.78. The molecule has 0 bridgehead atoms. The lowest BCUT2D eigenvalue weighted by Crippen LogP contribution is -2.33. The van der Waals surface area contributed by atoms with Gasteiger partial charge in [-0.2, -0.15) is 5.10 Å². The molecule has 162 valence electrons. The number of amides is 1. The SMILES string of the molecule is Cn1cc(Cl)c(CN(Cc2ccc3c(c2)CCO3)C(=O)c2cc3ccccc3oc2=O)n1. The third-order valence-corrected chi connectivity index (χ3v) is 5.80.